The van der Waals surface area contributed by atoms with Crippen molar-refractivity contribution < 1.29 is 18.0 Å². The Kier molecular flexibility index (Phi) is 7.49. The van der Waals surface area contributed by atoms with Gasteiger partial charge < -0.3 is 5.32 Å². The summed E-state index contributed by atoms with van der Waals surface area (Å²) < 4.78 is 27.5. The van der Waals surface area contributed by atoms with Crippen molar-refractivity contribution >= 4 is 22.0 Å². The first kappa shape index (κ1) is 22.7. The fourth-order valence-corrected chi connectivity index (χ4v) is 5.82. The number of amides is 3. The molecule has 0 aromatic heterocycles. The molecular formula is C21H32N4O4S. The van der Waals surface area contributed by atoms with Gasteiger partial charge in [-0.25, -0.2) is 13.2 Å². The van der Waals surface area contributed by atoms with Crippen LogP contribution in [0.2, 0.25) is 0 Å². The Balaban J connectivity index is 1.47. The lowest BCUT2D eigenvalue weighted by Crippen LogP contribution is -2.53. The van der Waals surface area contributed by atoms with Gasteiger partial charge in [0.05, 0.1) is 11.4 Å². The van der Waals surface area contributed by atoms with Gasteiger partial charge in [-0.05, 0) is 43.9 Å². The average molecular weight is 437 g/mol. The van der Waals surface area contributed by atoms with Crippen molar-refractivity contribution in [1.82, 2.24) is 19.8 Å². The molecule has 1 aliphatic heterocycles. The first-order chi connectivity index (χ1) is 14.3. The van der Waals surface area contributed by atoms with Gasteiger partial charge in [0.2, 0.25) is 15.9 Å². The normalized spacial score (nSPS) is 19.4. The van der Waals surface area contributed by atoms with Crippen molar-refractivity contribution in [2.75, 3.05) is 32.7 Å². The van der Waals surface area contributed by atoms with Crippen LogP contribution in [-0.2, 0) is 14.8 Å². The van der Waals surface area contributed by atoms with Gasteiger partial charge in [0.1, 0.15) is 0 Å². The smallest absolute Gasteiger partial charge is 0.321 e. The summed E-state index contributed by atoms with van der Waals surface area (Å²) in [6, 6.07) is 5.12. The predicted molar refractivity (Wildman–Crippen MR) is 115 cm³/mol. The standard InChI is InChI=1S/C21H32N4O4S/c1-16-8-9-17(2)19(14-16)30(28,29)25-12-10-24(11-13-25)15-20(26)23-21(27)22-18-6-4-3-5-7-18/h8-9,14,18H,3-7,10-13,15H2,1-2H3,(H2,22,23,26,27). The molecule has 2 aliphatic rings. The molecule has 0 atom stereocenters. The van der Waals surface area contributed by atoms with Crippen LogP contribution in [0.15, 0.2) is 23.1 Å². The van der Waals surface area contributed by atoms with Crippen molar-refractivity contribution in [1.29, 1.82) is 0 Å². The molecule has 3 rings (SSSR count). The Bertz CT molecular complexity index is 873. The summed E-state index contributed by atoms with van der Waals surface area (Å²) in [4.78, 5) is 26.4. The number of aryl methyl sites for hydroxylation is 2. The summed E-state index contributed by atoms with van der Waals surface area (Å²) in [7, 11) is -3.56. The molecule has 3 amide bonds. The third-order valence-corrected chi connectivity index (χ3v) is 7.89. The quantitative estimate of drug-likeness (QED) is 0.733. The molecule has 2 fully saturated rings. The van der Waals surface area contributed by atoms with E-state index in [2.05, 4.69) is 10.6 Å². The highest BCUT2D eigenvalue weighted by atomic mass is 32.2. The molecule has 1 aliphatic carbocycles. The molecule has 0 bridgehead atoms. The van der Waals surface area contributed by atoms with Crippen molar-refractivity contribution in [3.8, 4) is 0 Å². The number of nitrogens with zero attached hydrogens (tertiary/aromatic N) is 2. The molecule has 1 saturated heterocycles. The van der Waals surface area contributed by atoms with Gasteiger partial charge >= 0.3 is 6.03 Å². The van der Waals surface area contributed by atoms with Gasteiger partial charge in [0, 0.05) is 32.2 Å². The Morgan fingerprint density at radius 2 is 1.70 bits per heavy atom. The topological polar surface area (TPSA) is 98.8 Å². The number of urea groups is 1. The number of carbonyl (C=O) groups is 2. The minimum absolute atomic E-state index is 0.0788. The Morgan fingerprint density at radius 3 is 2.37 bits per heavy atom. The van der Waals surface area contributed by atoms with Crippen LogP contribution in [0.25, 0.3) is 0 Å². The molecule has 0 radical (unpaired) electrons. The summed E-state index contributed by atoms with van der Waals surface area (Å²) in [6.07, 6.45) is 5.32. The van der Waals surface area contributed by atoms with E-state index in [4.69, 9.17) is 0 Å². The van der Waals surface area contributed by atoms with Gasteiger partial charge in [-0.2, -0.15) is 4.31 Å². The molecule has 9 heteroatoms. The van der Waals surface area contributed by atoms with Crippen molar-refractivity contribution in [3.63, 3.8) is 0 Å². The maximum atomic E-state index is 13.0. The zero-order chi connectivity index (χ0) is 21.7. The SMILES string of the molecule is Cc1ccc(C)c(S(=O)(=O)N2CCN(CC(=O)NC(=O)NC3CCCCC3)CC2)c1. The number of piperazine rings is 1. The van der Waals surface area contributed by atoms with Crippen LogP contribution >= 0.6 is 0 Å². The lowest BCUT2D eigenvalue weighted by Gasteiger charge is -2.33. The fourth-order valence-electron chi connectivity index (χ4n) is 4.09. The number of carbonyl (C=O) groups excluding carboxylic acids is 2. The van der Waals surface area contributed by atoms with E-state index in [0.29, 0.717) is 31.1 Å². The molecule has 1 aromatic carbocycles. The second kappa shape index (κ2) is 9.89. The first-order valence-corrected chi connectivity index (χ1v) is 12.1. The van der Waals surface area contributed by atoms with Gasteiger partial charge in [-0.15, -0.1) is 0 Å². The molecule has 8 nitrogen and oxygen atoms in total. The molecule has 0 unspecified atom stereocenters. The Labute approximate surface area is 179 Å². The van der Waals surface area contributed by atoms with Crippen molar-refractivity contribution in [2.45, 2.75) is 56.9 Å². The average Bonchev–Trinajstić information content (AvgIpc) is 2.70. The van der Waals surface area contributed by atoms with E-state index in [-0.39, 0.29) is 18.5 Å². The number of benzene rings is 1. The molecule has 1 heterocycles. The third kappa shape index (κ3) is 5.80. The summed E-state index contributed by atoms with van der Waals surface area (Å²) in [5.74, 6) is -0.367. The van der Waals surface area contributed by atoms with E-state index in [0.717, 1.165) is 36.8 Å². The van der Waals surface area contributed by atoms with Gasteiger partial charge in [-0.1, -0.05) is 31.4 Å². The van der Waals surface area contributed by atoms with Crippen LogP contribution in [0.4, 0.5) is 4.79 Å². The number of hydrogen-bond donors (Lipinski definition) is 2. The maximum Gasteiger partial charge on any atom is 0.321 e. The second-order valence-electron chi connectivity index (χ2n) is 8.31. The Morgan fingerprint density at radius 1 is 1.03 bits per heavy atom. The second-order valence-corrected chi connectivity index (χ2v) is 10.2. The molecule has 1 saturated carbocycles. The lowest BCUT2D eigenvalue weighted by atomic mass is 9.96. The van der Waals surface area contributed by atoms with Gasteiger partial charge in [0.15, 0.2) is 0 Å². The molecule has 30 heavy (non-hydrogen) atoms. The van der Waals surface area contributed by atoms with E-state index in [1.54, 1.807) is 13.0 Å². The van der Waals surface area contributed by atoms with E-state index >= 15 is 0 Å². The van der Waals surface area contributed by atoms with Gasteiger partial charge in [0.25, 0.3) is 0 Å². The summed E-state index contributed by atoms with van der Waals surface area (Å²) in [5, 5.41) is 5.26. The van der Waals surface area contributed by atoms with E-state index in [1.165, 1.54) is 10.7 Å². The zero-order valence-corrected chi connectivity index (χ0v) is 18.6. The molecular weight excluding hydrogens is 404 g/mol. The lowest BCUT2D eigenvalue weighted by molar-refractivity contribution is -0.121. The highest BCUT2D eigenvalue weighted by molar-refractivity contribution is 7.89. The zero-order valence-electron chi connectivity index (χ0n) is 17.8. The van der Waals surface area contributed by atoms with E-state index in [1.807, 2.05) is 24.0 Å². The highest BCUT2D eigenvalue weighted by Gasteiger charge is 2.30. The van der Waals surface area contributed by atoms with Crippen LogP contribution in [0.5, 0.6) is 0 Å². The van der Waals surface area contributed by atoms with Gasteiger partial charge in [-0.3, -0.25) is 15.0 Å². The number of nitrogens with one attached hydrogen (secondary N) is 2. The van der Waals surface area contributed by atoms with Crippen molar-refractivity contribution in [2.24, 2.45) is 0 Å². The van der Waals surface area contributed by atoms with Crippen molar-refractivity contribution in [3.05, 3.63) is 29.3 Å². The number of sulfonamides is 1. The minimum Gasteiger partial charge on any atom is -0.335 e. The molecule has 1 aromatic rings. The largest absolute Gasteiger partial charge is 0.335 e. The summed E-state index contributed by atoms with van der Waals surface area (Å²) in [6.45, 7) is 5.28. The van der Waals surface area contributed by atoms with Crippen LogP contribution in [0.3, 0.4) is 0 Å². The summed E-state index contributed by atoms with van der Waals surface area (Å²) >= 11 is 0. The number of imide groups is 1. The fraction of sp³-hybridized carbons (Fsp3) is 0.619. The van der Waals surface area contributed by atoms with E-state index in [9.17, 15) is 18.0 Å². The highest BCUT2D eigenvalue weighted by Crippen LogP contribution is 2.22. The monoisotopic (exact) mass is 436 g/mol. The third-order valence-electron chi connectivity index (χ3n) is 5.85. The first-order valence-electron chi connectivity index (χ1n) is 10.7. The minimum atomic E-state index is -3.56. The summed E-state index contributed by atoms with van der Waals surface area (Å²) in [5.41, 5.74) is 1.63. The number of rotatable bonds is 5. The predicted octanol–water partition coefficient (Wildman–Crippen LogP) is 1.77. The molecule has 0 spiro atoms. The molecule has 2 N–H and O–H groups in total. The van der Waals surface area contributed by atoms with Crippen LogP contribution in [0.1, 0.15) is 43.2 Å². The number of hydrogen-bond acceptors (Lipinski definition) is 5. The molecule has 166 valence electrons. The van der Waals surface area contributed by atoms with Crippen LogP contribution in [-0.4, -0.2) is 68.3 Å². The Hall–Kier alpha value is -1.97. The van der Waals surface area contributed by atoms with E-state index < -0.39 is 16.1 Å². The van der Waals surface area contributed by atoms with Crippen LogP contribution in [0, 0.1) is 13.8 Å². The maximum absolute atomic E-state index is 13.0. The van der Waals surface area contributed by atoms with Crippen LogP contribution < -0.4 is 10.6 Å².